The van der Waals surface area contributed by atoms with Crippen molar-refractivity contribution in [2.75, 3.05) is 24.5 Å². The number of ether oxygens (including phenoxy) is 1. The van der Waals surface area contributed by atoms with Crippen molar-refractivity contribution in [3.8, 4) is 11.6 Å². The first-order valence-electron chi connectivity index (χ1n) is 32.2. The highest BCUT2D eigenvalue weighted by Crippen LogP contribution is 2.57. The van der Waals surface area contributed by atoms with Gasteiger partial charge in [-0.25, -0.2) is 4.98 Å². The van der Waals surface area contributed by atoms with Gasteiger partial charge in [0.1, 0.15) is 23.2 Å². The Morgan fingerprint density at radius 1 is 0.387 bits per heavy atom. The fraction of sp³-hybridized carbons (Fsp3) is 0.100. The van der Waals surface area contributed by atoms with Crippen molar-refractivity contribution in [2.24, 2.45) is 0 Å². The number of pyridine rings is 2. The van der Waals surface area contributed by atoms with Crippen LogP contribution >= 0.6 is 34.9 Å². The number of hydrogen-bond acceptors (Lipinski definition) is 11. The molecule has 6 aliphatic heterocycles. The third-order valence-electron chi connectivity index (χ3n) is 20.5. The van der Waals surface area contributed by atoms with E-state index in [1.165, 1.54) is 67.6 Å². The Morgan fingerprint density at radius 2 is 0.892 bits per heavy atom. The third-order valence-corrected chi connectivity index (χ3v) is 24.0. The molecule has 0 saturated carbocycles. The molecule has 9 heterocycles. The molecule has 0 saturated heterocycles. The molecule has 0 fully saturated rings. The monoisotopic (exact) mass is 1250 g/mol. The van der Waals surface area contributed by atoms with Crippen LogP contribution in [0.5, 0.6) is 11.6 Å². The summed E-state index contributed by atoms with van der Waals surface area (Å²) in [6.45, 7) is 9.27. The van der Waals surface area contributed by atoms with E-state index in [4.69, 9.17) is 14.7 Å². The number of anilines is 15. The van der Waals surface area contributed by atoms with Gasteiger partial charge in [0, 0.05) is 86.2 Å². The van der Waals surface area contributed by atoms with Crippen LogP contribution in [0.3, 0.4) is 0 Å². The SMILES string of the molecule is CC1(C)CCC(C)(C)c2cc(N3c4nc(N5c6ccccc6Sc6ccccc65)cc5c4B(c4cc6c(cc4N5c4ccccc4)N(c4ccccc4)c4cc(N5c7ccccc7Sc7ccccc75)nc5c4B6c4ccccc4O5)c4sc5ccccc5c43)ccc21. The average Bonchev–Trinajstić information content (AvgIpc) is 1.64. The molecule has 0 bridgehead atoms. The molecular formula is C80H57B2N7OS3. The molecule has 13 heteroatoms. The van der Waals surface area contributed by atoms with Crippen molar-refractivity contribution in [3.05, 3.63) is 260 Å². The predicted octanol–water partition coefficient (Wildman–Crippen LogP) is 18.4. The van der Waals surface area contributed by atoms with Crippen LogP contribution in [0, 0.1) is 0 Å². The average molecular weight is 1250 g/mol. The van der Waals surface area contributed by atoms with E-state index >= 15 is 0 Å². The first-order valence-corrected chi connectivity index (χ1v) is 34.6. The van der Waals surface area contributed by atoms with E-state index < -0.39 is 0 Å². The lowest BCUT2D eigenvalue weighted by Gasteiger charge is -2.46. The van der Waals surface area contributed by atoms with Crippen LogP contribution in [0.25, 0.3) is 10.1 Å². The molecule has 13 aromatic rings. The van der Waals surface area contributed by atoms with Crippen molar-refractivity contribution >= 4 is 176 Å². The molecule has 0 radical (unpaired) electrons. The molecule has 0 amide bonds. The Hall–Kier alpha value is -9.91. The Morgan fingerprint density at radius 3 is 1.51 bits per heavy atom. The summed E-state index contributed by atoms with van der Waals surface area (Å²) in [6, 6.07) is 92.0. The molecule has 0 spiro atoms. The minimum Gasteiger partial charge on any atom is -0.440 e. The first kappa shape index (κ1) is 53.7. The van der Waals surface area contributed by atoms with Crippen LogP contribution in [-0.4, -0.2) is 23.4 Å². The molecule has 0 atom stereocenters. The van der Waals surface area contributed by atoms with Gasteiger partial charge in [0.05, 0.1) is 34.1 Å². The van der Waals surface area contributed by atoms with E-state index in [9.17, 15) is 0 Å². The lowest BCUT2D eigenvalue weighted by atomic mass is 9.32. The van der Waals surface area contributed by atoms with Gasteiger partial charge in [0.25, 0.3) is 13.4 Å². The Labute approximate surface area is 554 Å². The van der Waals surface area contributed by atoms with Gasteiger partial charge in [-0.15, -0.1) is 11.3 Å². The van der Waals surface area contributed by atoms with Crippen LogP contribution < -0.4 is 61.3 Å². The van der Waals surface area contributed by atoms with Gasteiger partial charge in [0.15, 0.2) is 0 Å². The molecule has 93 heavy (non-hydrogen) atoms. The molecule has 8 nitrogen and oxygen atoms in total. The van der Waals surface area contributed by atoms with Crippen LogP contribution in [0.1, 0.15) is 51.7 Å². The lowest BCUT2D eigenvalue weighted by molar-refractivity contribution is 0.332. The normalized spacial score (nSPS) is 15.9. The summed E-state index contributed by atoms with van der Waals surface area (Å²) in [5.74, 6) is 3.98. The van der Waals surface area contributed by atoms with E-state index in [-0.39, 0.29) is 24.3 Å². The molecule has 20 rings (SSSR count). The Balaban J connectivity index is 0.903. The second-order valence-electron chi connectivity index (χ2n) is 26.7. The number of para-hydroxylation sites is 7. The van der Waals surface area contributed by atoms with Gasteiger partial charge in [-0.3, -0.25) is 14.7 Å². The van der Waals surface area contributed by atoms with Gasteiger partial charge in [-0.05, 0) is 160 Å². The lowest BCUT2D eigenvalue weighted by Crippen LogP contribution is -2.64. The van der Waals surface area contributed by atoms with Gasteiger partial charge in [0.2, 0.25) is 5.88 Å². The number of hydrogen-bond donors (Lipinski definition) is 0. The summed E-state index contributed by atoms with van der Waals surface area (Å²) >= 11 is 5.56. The highest BCUT2D eigenvalue weighted by atomic mass is 32.2. The maximum absolute atomic E-state index is 7.23. The molecule has 0 unspecified atom stereocenters. The minimum absolute atomic E-state index is 0.0335. The molecule has 3 aromatic heterocycles. The van der Waals surface area contributed by atoms with E-state index in [1.54, 1.807) is 11.8 Å². The van der Waals surface area contributed by atoms with Gasteiger partial charge >= 0.3 is 0 Å². The molecule has 1 aliphatic carbocycles. The third kappa shape index (κ3) is 7.78. The van der Waals surface area contributed by atoms with Gasteiger partial charge in [-0.2, -0.15) is 4.98 Å². The zero-order valence-electron chi connectivity index (χ0n) is 51.5. The summed E-state index contributed by atoms with van der Waals surface area (Å²) in [7, 11) is 0. The van der Waals surface area contributed by atoms with Gasteiger partial charge in [-0.1, -0.05) is 185 Å². The largest absolute Gasteiger partial charge is 0.440 e. The number of fused-ring (bicyclic) bond motifs is 15. The Kier molecular flexibility index (Phi) is 11.4. The summed E-state index contributed by atoms with van der Waals surface area (Å²) in [6.07, 6.45) is 2.25. The quantitative estimate of drug-likeness (QED) is 0.156. The number of thiophene rings is 1. The maximum Gasteiger partial charge on any atom is 0.266 e. The highest BCUT2D eigenvalue weighted by molar-refractivity contribution is 8.00. The van der Waals surface area contributed by atoms with Crippen LogP contribution in [0.2, 0.25) is 0 Å². The molecule has 442 valence electrons. The number of nitrogens with zero attached hydrogens (tertiary/aromatic N) is 7. The number of benzene rings is 10. The molecule has 10 aromatic carbocycles. The molecular weight excluding hydrogens is 1190 g/mol. The van der Waals surface area contributed by atoms with Crippen molar-refractivity contribution in [1.82, 2.24) is 9.97 Å². The minimum atomic E-state index is -0.244. The van der Waals surface area contributed by atoms with Crippen LogP contribution in [-0.2, 0) is 10.8 Å². The zero-order valence-corrected chi connectivity index (χ0v) is 54.0. The van der Waals surface area contributed by atoms with Crippen molar-refractivity contribution in [1.29, 1.82) is 0 Å². The number of rotatable bonds is 5. The fourth-order valence-corrected chi connectivity index (χ4v) is 19.6. The standard InChI is InChI=1S/C80H57B2N7OS3/c1-79(2)41-42-80(3,4)53-43-50(39-40-52(53)79)87-75-51-27-11-18-34-66(51)93-76(75)82-56-44-55-61(45-62(56)85(48-23-7-5-8-24-48)63-46-71(83-77(87)73(63)82)88-57-29-13-19-35-67(57)91-68-36-20-14-30-58(68)88)86(49-25-9-6-10-26-49)64-47-72(84-78-74(64)81(55)54-28-12-17-33-65(54)90-78)89-59-31-15-21-37-69(59)92-70-38-22-16-32-60(70)89/h5-40,43-47H,41-42H2,1-4H3. The summed E-state index contributed by atoms with van der Waals surface area (Å²) < 4.78 is 9.78. The predicted molar refractivity (Wildman–Crippen MR) is 390 cm³/mol. The molecule has 0 N–H and O–H groups in total. The summed E-state index contributed by atoms with van der Waals surface area (Å²) in [5, 5.41) is 1.22. The van der Waals surface area contributed by atoms with Gasteiger partial charge < -0.3 is 14.5 Å². The van der Waals surface area contributed by atoms with E-state index in [0.717, 1.165) is 110 Å². The smallest absolute Gasteiger partial charge is 0.266 e. The van der Waals surface area contributed by atoms with E-state index in [0.29, 0.717) is 5.88 Å². The van der Waals surface area contributed by atoms with Crippen molar-refractivity contribution in [2.45, 2.75) is 70.9 Å². The summed E-state index contributed by atoms with van der Waals surface area (Å²) in [4.78, 5) is 29.1. The maximum atomic E-state index is 7.23. The number of aromatic nitrogens is 2. The summed E-state index contributed by atoms with van der Waals surface area (Å²) in [5.41, 5.74) is 21.7. The van der Waals surface area contributed by atoms with E-state index in [1.807, 2.05) is 23.1 Å². The van der Waals surface area contributed by atoms with Crippen LogP contribution in [0.4, 0.5) is 85.7 Å². The van der Waals surface area contributed by atoms with Crippen molar-refractivity contribution < 1.29 is 4.74 Å². The topological polar surface area (TPSA) is 51.2 Å². The van der Waals surface area contributed by atoms with Crippen LogP contribution in [0.15, 0.2) is 268 Å². The van der Waals surface area contributed by atoms with E-state index in [2.05, 4.69) is 301 Å². The second kappa shape index (κ2) is 19.8. The molecule has 7 aliphatic rings. The Bertz CT molecular complexity index is 5280. The second-order valence-corrected chi connectivity index (χ2v) is 29.9. The highest BCUT2D eigenvalue weighted by Gasteiger charge is 2.51. The fourth-order valence-electron chi connectivity index (χ4n) is 16.1. The van der Waals surface area contributed by atoms with Crippen molar-refractivity contribution in [3.63, 3.8) is 0 Å². The zero-order chi connectivity index (χ0) is 61.6. The first-order chi connectivity index (χ1) is 45.6.